The van der Waals surface area contributed by atoms with E-state index >= 15 is 0 Å². The molecule has 0 radical (unpaired) electrons. The van der Waals surface area contributed by atoms with E-state index in [2.05, 4.69) is 10.1 Å². The van der Waals surface area contributed by atoms with Crippen molar-refractivity contribution in [3.8, 4) is 5.75 Å². The Balaban J connectivity index is 2.19. The van der Waals surface area contributed by atoms with Gasteiger partial charge in [0.1, 0.15) is 23.9 Å². The van der Waals surface area contributed by atoms with Gasteiger partial charge in [-0.25, -0.2) is 0 Å². The maximum Gasteiger partial charge on any atom is 0.419 e. The van der Waals surface area contributed by atoms with Gasteiger partial charge >= 0.3 is 12.1 Å². The first-order chi connectivity index (χ1) is 12.3. The Labute approximate surface area is 153 Å². The lowest BCUT2D eigenvalue weighted by Crippen LogP contribution is -2.29. The lowest BCUT2D eigenvalue weighted by atomic mass is 10.1. The highest BCUT2D eigenvalue weighted by atomic mass is 32.1. The molecule has 2 rings (SSSR count). The van der Waals surface area contributed by atoms with Crippen LogP contribution in [0.1, 0.15) is 16.7 Å². The van der Waals surface area contributed by atoms with Gasteiger partial charge in [-0.3, -0.25) is 4.79 Å². The second-order valence-corrected chi connectivity index (χ2v) is 5.65. The molecule has 0 amide bonds. The normalized spacial score (nSPS) is 10.9. The zero-order valence-electron chi connectivity index (χ0n) is 13.8. The van der Waals surface area contributed by atoms with Crippen LogP contribution >= 0.6 is 12.2 Å². The first-order valence-electron chi connectivity index (χ1n) is 7.54. The molecule has 8 heteroatoms. The van der Waals surface area contributed by atoms with Crippen molar-refractivity contribution in [2.24, 2.45) is 0 Å². The fourth-order valence-corrected chi connectivity index (χ4v) is 2.28. The SMILES string of the molecule is COC(=O)CNC(=S)c1ccc(OCc2ccccc2)c(C(F)(F)F)c1. The van der Waals surface area contributed by atoms with E-state index in [1.807, 2.05) is 6.07 Å². The Morgan fingerprint density at radius 2 is 1.85 bits per heavy atom. The number of carbonyl (C=O) groups excluding carboxylic acids is 1. The molecule has 1 N–H and O–H groups in total. The monoisotopic (exact) mass is 383 g/mol. The van der Waals surface area contributed by atoms with Gasteiger partial charge in [-0.05, 0) is 23.8 Å². The second-order valence-electron chi connectivity index (χ2n) is 5.24. The summed E-state index contributed by atoms with van der Waals surface area (Å²) in [7, 11) is 1.20. The molecule has 0 saturated carbocycles. The smallest absolute Gasteiger partial charge is 0.419 e. The minimum atomic E-state index is -4.61. The number of nitrogens with one attached hydrogen (secondary N) is 1. The van der Waals surface area contributed by atoms with Crippen molar-refractivity contribution in [1.82, 2.24) is 5.32 Å². The van der Waals surface area contributed by atoms with Crippen molar-refractivity contribution in [3.63, 3.8) is 0 Å². The van der Waals surface area contributed by atoms with Gasteiger partial charge < -0.3 is 14.8 Å². The number of carbonyl (C=O) groups is 1. The molecule has 4 nitrogen and oxygen atoms in total. The van der Waals surface area contributed by atoms with Crippen LogP contribution in [0.25, 0.3) is 0 Å². The molecule has 0 aromatic heterocycles. The van der Waals surface area contributed by atoms with Crippen LogP contribution < -0.4 is 10.1 Å². The highest BCUT2D eigenvalue weighted by molar-refractivity contribution is 7.80. The van der Waals surface area contributed by atoms with Crippen LogP contribution in [0.5, 0.6) is 5.75 Å². The fourth-order valence-electron chi connectivity index (χ4n) is 2.08. The van der Waals surface area contributed by atoms with Gasteiger partial charge in [0.25, 0.3) is 0 Å². The summed E-state index contributed by atoms with van der Waals surface area (Å²) in [6.45, 7) is -0.225. The highest BCUT2D eigenvalue weighted by Crippen LogP contribution is 2.37. The summed E-state index contributed by atoms with van der Waals surface area (Å²) in [4.78, 5) is 11.1. The largest absolute Gasteiger partial charge is 0.488 e. The summed E-state index contributed by atoms with van der Waals surface area (Å²) in [5.74, 6) is -0.868. The summed E-state index contributed by atoms with van der Waals surface area (Å²) in [6.07, 6.45) is -4.61. The van der Waals surface area contributed by atoms with E-state index in [0.717, 1.165) is 11.6 Å². The maximum absolute atomic E-state index is 13.4. The molecule has 0 aliphatic carbocycles. The molecule has 0 bridgehead atoms. The Morgan fingerprint density at radius 3 is 2.46 bits per heavy atom. The van der Waals surface area contributed by atoms with E-state index in [9.17, 15) is 18.0 Å². The number of methoxy groups -OCH3 is 1. The molecule has 0 unspecified atom stereocenters. The van der Waals surface area contributed by atoms with Crippen molar-refractivity contribution >= 4 is 23.2 Å². The third-order valence-electron chi connectivity index (χ3n) is 3.41. The molecule has 0 aliphatic heterocycles. The minimum absolute atomic E-state index is 0.00824. The van der Waals surface area contributed by atoms with Gasteiger partial charge in [0.2, 0.25) is 0 Å². The highest BCUT2D eigenvalue weighted by Gasteiger charge is 2.35. The lowest BCUT2D eigenvalue weighted by molar-refractivity contribution is -0.140. The Morgan fingerprint density at radius 1 is 1.15 bits per heavy atom. The van der Waals surface area contributed by atoms with Crippen molar-refractivity contribution in [3.05, 3.63) is 65.2 Å². The fraction of sp³-hybridized carbons (Fsp3) is 0.222. The summed E-state index contributed by atoms with van der Waals surface area (Å²) >= 11 is 5.03. The average Bonchev–Trinajstić information content (AvgIpc) is 2.64. The number of ether oxygens (including phenoxy) is 2. The zero-order chi connectivity index (χ0) is 19.2. The van der Waals surface area contributed by atoms with Crippen LogP contribution in [-0.4, -0.2) is 24.6 Å². The van der Waals surface area contributed by atoms with Crippen molar-refractivity contribution < 1.29 is 27.4 Å². The van der Waals surface area contributed by atoms with Crippen molar-refractivity contribution in [1.29, 1.82) is 0 Å². The number of hydrogen-bond donors (Lipinski definition) is 1. The zero-order valence-corrected chi connectivity index (χ0v) is 14.6. The van der Waals surface area contributed by atoms with Gasteiger partial charge in [0.05, 0.1) is 12.7 Å². The summed E-state index contributed by atoms with van der Waals surface area (Å²) in [5.41, 5.74) is -0.0589. The number of benzene rings is 2. The molecule has 0 spiro atoms. The van der Waals surface area contributed by atoms with Gasteiger partial charge in [0, 0.05) is 5.56 Å². The number of esters is 1. The van der Waals surface area contributed by atoms with Crippen molar-refractivity contribution in [2.75, 3.05) is 13.7 Å². The van der Waals surface area contributed by atoms with E-state index in [0.29, 0.717) is 0 Å². The van der Waals surface area contributed by atoms with Gasteiger partial charge in [-0.2, -0.15) is 13.2 Å². The predicted octanol–water partition coefficient (Wildman–Crippen LogP) is 3.72. The summed E-state index contributed by atoms with van der Waals surface area (Å²) < 4.78 is 49.9. The van der Waals surface area contributed by atoms with E-state index in [4.69, 9.17) is 17.0 Å². The average molecular weight is 383 g/mol. The van der Waals surface area contributed by atoms with Crippen LogP contribution in [0.2, 0.25) is 0 Å². The van der Waals surface area contributed by atoms with E-state index in [1.54, 1.807) is 24.3 Å². The third kappa shape index (κ3) is 5.45. The van der Waals surface area contributed by atoms with Gasteiger partial charge in [0.15, 0.2) is 0 Å². The van der Waals surface area contributed by atoms with E-state index in [-0.39, 0.29) is 29.5 Å². The molecule has 2 aromatic rings. The standard InChI is InChI=1S/C18H16F3NO3S/c1-24-16(23)10-22-17(26)13-7-8-15(14(9-13)18(19,20)21)25-11-12-5-3-2-4-6-12/h2-9H,10-11H2,1H3,(H,22,26). The minimum Gasteiger partial charge on any atom is -0.488 e. The molecule has 0 saturated heterocycles. The molecule has 0 heterocycles. The Hall–Kier alpha value is -2.61. The number of halogens is 3. The number of hydrogen-bond acceptors (Lipinski definition) is 4. The Bertz CT molecular complexity index is 779. The number of rotatable bonds is 6. The Kier molecular flexibility index (Phi) is 6.57. The first-order valence-corrected chi connectivity index (χ1v) is 7.95. The topological polar surface area (TPSA) is 47.6 Å². The molecule has 26 heavy (non-hydrogen) atoms. The maximum atomic E-state index is 13.4. The molecule has 0 aliphatic rings. The molecule has 0 fully saturated rings. The van der Waals surface area contributed by atoms with Crippen LogP contribution in [0.15, 0.2) is 48.5 Å². The van der Waals surface area contributed by atoms with E-state index in [1.165, 1.54) is 19.2 Å². The third-order valence-corrected chi connectivity index (χ3v) is 3.79. The second kappa shape index (κ2) is 8.66. The quantitative estimate of drug-likeness (QED) is 0.609. The van der Waals surface area contributed by atoms with E-state index < -0.39 is 17.7 Å². The van der Waals surface area contributed by atoms with Crippen LogP contribution in [0.4, 0.5) is 13.2 Å². The molecule has 138 valence electrons. The van der Waals surface area contributed by atoms with Crippen LogP contribution in [0, 0.1) is 0 Å². The number of thiocarbonyl (C=S) groups is 1. The molecule has 0 atom stereocenters. The van der Waals surface area contributed by atoms with Gasteiger partial charge in [-0.15, -0.1) is 0 Å². The summed E-state index contributed by atoms with van der Waals surface area (Å²) in [6, 6.07) is 12.4. The molecule has 2 aromatic carbocycles. The molecular formula is C18H16F3NO3S. The van der Waals surface area contributed by atoms with Crippen molar-refractivity contribution in [2.45, 2.75) is 12.8 Å². The van der Waals surface area contributed by atoms with Gasteiger partial charge in [-0.1, -0.05) is 42.5 Å². The van der Waals surface area contributed by atoms with Crippen LogP contribution in [-0.2, 0) is 22.3 Å². The lowest BCUT2D eigenvalue weighted by Gasteiger charge is -2.16. The number of alkyl halides is 3. The first kappa shape index (κ1) is 19.7. The van der Waals surface area contributed by atoms with Crippen LogP contribution in [0.3, 0.4) is 0 Å². The summed E-state index contributed by atoms with van der Waals surface area (Å²) in [5, 5.41) is 2.55. The predicted molar refractivity (Wildman–Crippen MR) is 93.9 cm³/mol. The molecular weight excluding hydrogens is 367 g/mol.